The lowest BCUT2D eigenvalue weighted by Crippen LogP contribution is -2.36. The molecule has 0 unspecified atom stereocenters. The summed E-state index contributed by atoms with van der Waals surface area (Å²) in [4.78, 5) is 18.6. The second-order valence-electron chi connectivity index (χ2n) is 7.60. The first-order valence-electron chi connectivity index (χ1n) is 9.34. The number of benzene rings is 1. The van der Waals surface area contributed by atoms with E-state index in [2.05, 4.69) is 50.6 Å². The number of hydrogen-bond acceptors (Lipinski definition) is 4. The quantitative estimate of drug-likeness (QED) is 0.494. The van der Waals surface area contributed by atoms with Gasteiger partial charge in [-0.2, -0.15) is 0 Å². The van der Waals surface area contributed by atoms with Gasteiger partial charge >= 0.3 is 0 Å². The molecule has 0 radical (unpaired) electrons. The maximum atomic E-state index is 13.6. The minimum atomic E-state index is -0.276. The number of aromatic nitrogens is 4. The number of hydrogen-bond donors (Lipinski definition) is 0. The zero-order valence-electron chi connectivity index (χ0n) is 16.0. The Kier molecular flexibility index (Phi) is 4.46. The smallest absolute Gasteiger partial charge is 0.265 e. The van der Waals surface area contributed by atoms with E-state index in [0.717, 1.165) is 36.2 Å². The number of rotatable bonds is 5. The molecule has 0 saturated carbocycles. The summed E-state index contributed by atoms with van der Waals surface area (Å²) in [5.41, 5.74) is 3.63. The predicted octanol–water partition coefficient (Wildman–Crippen LogP) is 4.08. The fourth-order valence-electron chi connectivity index (χ4n) is 3.91. The van der Waals surface area contributed by atoms with Crippen molar-refractivity contribution in [1.82, 2.24) is 19.2 Å². The molecule has 1 aliphatic rings. The van der Waals surface area contributed by atoms with Crippen molar-refractivity contribution in [2.24, 2.45) is 0 Å². The van der Waals surface area contributed by atoms with Crippen LogP contribution in [-0.4, -0.2) is 24.9 Å². The summed E-state index contributed by atoms with van der Waals surface area (Å²) < 4.78 is 3.55. The molecule has 0 amide bonds. The van der Waals surface area contributed by atoms with Crippen LogP contribution in [0.5, 0.6) is 0 Å². The highest BCUT2D eigenvalue weighted by Gasteiger charge is 2.36. The molecule has 140 valence electrons. The van der Waals surface area contributed by atoms with Crippen LogP contribution in [0.15, 0.2) is 46.9 Å². The molecular weight excluding hydrogens is 356 g/mol. The molecule has 4 rings (SSSR count). The first-order valence-corrected chi connectivity index (χ1v) is 10.3. The van der Waals surface area contributed by atoms with Crippen molar-refractivity contribution in [3.63, 3.8) is 0 Å². The molecule has 2 aromatic heterocycles. The van der Waals surface area contributed by atoms with E-state index < -0.39 is 0 Å². The van der Waals surface area contributed by atoms with Crippen molar-refractivity contribution in [2.75, 3.05) is 5.75 Å². The van der Waals surface area contributed by atoms with Gasteiger partial charge in [-0.1, -0.05) is 62.9 Å². The van der Waals surface area contributed by atoms with Crippen LogP contribution in [0, 0.1) is 0 Å². The Labute approximate surface area is 163 Å². The Hall–Kier alpha value is -2.34. The topological polar surface area (TPSA) is 52.2 Å². The zero-order chi connectivity index (χ0) is 19.2. The predicted molar refractivity (Wildman–Crippen MR) is 111 cm³/mol. The molecule has 6 heteroatoms. The summed E-state index contributed by atoms with van der Waals surface area (Å²) in [5.74, 6) is 1.33. The first kappa shape index (κ1) is 18.0. The van der Waals surface area contributed by atoms with Gasteiger partial charge in [0.05, 0.1) is 11.3 Å². The van der Waals surface area contributed by atoms with E-state index in [-0.39, 0.29) is 11.0 Å². The molecular formula is C21H24N4OS. The van der Waals surface area contributed by atoms with Gasteiger partial charge in [-0.15, -0.1) is 11.7 Å². The Morgan fingerprint density at radius 2 is 2.11 bits per heavy atom. The molecule has 0 fully saturated rings. The molecule has 1 aromatic carbocycles. The van der Waals surface area contributed by atoms with E-state index in [1.165, 1.54) is 17.3 Å². The van der Waals surface area contributed by atoms with Crippen molar-refractivity contribution >= 4 is 17.5 Å². The largest absolute Gasteiger partial charge is 0.268 e. The molecule has 3 aromatic rings. The first-order chi connectivity index (χ1) is 13.0. The van der Waals surface area contributed by atoms with Crippen LogP contribution < -0.4 is 5.56 Å². The van der Waals surface area contributed by atoms with Gasteiger partial charge in [0.2, 0.25) is 5.78 Å². The summed E-state index contributed by atoms with van der Waals surface area (Å²) in [6.45, 7) is 10.9. The van der Waals surface area contributed by atoms with Crippen LogP contribution >= 0.6 is 11.8 Å². The summed E-state index contributed by atoms with van der Waals surface area (Å²) in [5, 5.41) is 5.37. The average molecular weight is 381 g/mol. The van der Waals surface area contributed by atoms with Crippen molar-refractivity contribution in [1.29, 1.82) is 0 Å². The van der Waals surface area contributed by atoms with Crippen LogP contribution in [0.2, 0.25) is 0 Å². The Morgan fingerprint density at radius 1 is 1.33 bits per heavy atom. The van der Waals surface area contributed by atoms with E-state index in [0.29, 0.717) is 16.7 Å². The number of nitrogens with zero attached hydrogens (tertiary/aromatic N) is 4. The fraction of sp³-hybridized carbons (Fsp3) is 0.381. The van der Waals surface area contributed by atoms with E-state index in [9.17, 15) is 4.79 Å². The lowest BCUT2D eigenvalue weighted by Gasteiger charge is -2.32. The second kappa shape index (κ2) is 6.68. The lowest BCUT2D eigenvalue weighted by atomic mass is 9.72. The third-order valence-electron chi connectivity index (χ3n) is 5.04. The molecule has 1 aliphatic carbocycles. The van der Waals surface area contributed by atoms with Crippen LogP contribution in [0.4, 0.5) is 0 Å². The highest BCUT2D eigenvalue weighted by Crippen LogP contribution is 2.40. The van der Waals surface area contributed by atoms with Gasteiger partial charge in [-0.3, -0.25) is 4.79 Å². The van der Waals surface area contributed by atoms with Crippen LogP contribution in [0.25, 0.3) is 17.0 Å². The number of thioether (sulfide) groups is 1. The Balaban J connectivity index is 2.08. The minimum absolute atomic E-state index is 0.00317. The highest BCUT2D eigenvalue weighted by atomic mass is 32.2. The lowest BCUT2D eigenvalue weighted by molar-refractivity contribution is 0.505. The summed E-state index contributed by atoms with van der Waals surface area (Å²) in [6, 6.07) is 8.27. The van der Waals surface area contributed by atoms with Gasteiger partial charge < -0.3 is 0 Å². The van der Waals surface area contributed by atoms with Gasteiger partial charge in [0.1, 0.15) is 0 Å². The van der Waals surface area contributed by atoms with Crippen LogP contribution in [0.1, 0.15) is 38.3 Å². The Morgan fingerprint density at radius 3 is 2.85 bits per heavy atom. The Bertz CT molecular complexity index is 1090. The van der Waals surface area contributed by atoms with Gasteiger partial charge in [0.25, 0.3) is 5.56 Å². The van der Waals surface area contributed by atoms with Crippen molar-refractivity contribution < 1.29 is 0 Å². The van der Waals surface area contributed by atoms with Gasteiger partial charge in [-0.25, -0.2) is 14.1 Å². The maximum absolute atomic E-state index is 13.6. The molecule has 0 bridgehead atoms. The number of aryl methyl sites for hydroxylation is 1. The summed E-state index contributed by atoms with van der Waals surface area (Å²) in [7, 11) is 0. The standard InChI is InChI=1S/C21H24N4OS/c1-5-11-24-19-22-17-15-10-8-7-9-14(15)13-21(3,4)16(17)18(26)25(19)20(23-24)27-12-6-2/h6-10H,2,5,11-13H2,1,3-4H3. The van der Waals surface area contributed by atoms with E-state index in [1.807, 2.05) is 16.8 Å². The minimum Gasteiger partial charge on any atom is -0.268 e. The van der Waals surface area contributed by atoms with Gasteiger partial charge in [0.15, 0.2) is 5.16 Å². The normalized spacial score (nSPS) is 14.8. The molecule has 2 heterocycles. The van der Waals surface area contributed by atoms with Crippen molar-refractivity contribution in [3.8, 4) is 11.3 Å². The third-order valence-corrected chi connectivity index (χ3v) is 5.97. The molecule has 0 N–H and O–H groups in total. The maximum Gasteiger partial charge on any atom is 0.265 e. The van der Waals surface area contributed by atoms with E-state index in [4.69, 9.17) is 4.98 Å². The molecule has 0 aliphatic heterocycles. The van der Waals surface area contributed by atoms with Crippen LogP contribution in [-0.2, 0) is 18.4 Å². The van der Waals surface area contributed by atoms with Crippen molar-refractivity contribution in [2.45, 2.75) is 50.7 Å². The highest BCUT2D eigenvalue weighted by molar-refractivity contribution is 7.99. The molecule has 0 atom stereocenters. The number of fused-ring (bicyclic) bond motifs is 4. The van der Waals surface area contributed by atoms with Gasteiger partial charge in [-0.05, 0) is 18.4 Å². The molecule has 0 spiro atoms. The second-order valence-corrected chi connectivity index (χ2v) is 8.59. The third kappa shape index (κ3) is 2.83. The zero-order valence-corrected chi connectivity index (χ0v) is 16.8. The SMILES string of the molecule is C=CCSc1nn(CCC)c2nc3c(c(=O)n12)C(C)(C)Cc1ccccc1-3. The molecule has 5 nitrogen and oxygen atoms in total. The fourth-order valence-corrected chi connectivity index (χ4v) is 4.63. The summed E-state index contributed by atoms with van der Waals surface area (Å²) in [6.07, 6.45) is 3.59. The van der Waals surface area contributed by atoms with E-state index >= 15 is 0 Å². The summed E-state index contributed by atoms with van der Waals surface area (Å²) >= 11 is 1.52. The van der Waals surface area contributed by atoms with Crippen LogP contribution in [0.3, 0.4) is 0 Å². The molecule has 27 heavy (non-hydrogen) atoms. The average Bonchev–Trinajstić information content (AvgIpc) is 2.97. The van der Waals surface area contributed by atoms with E-state index in [1.54, 1.807) is 4.40 Å². The van der Waals surface area contributed by atoms with Crippen molar-refractivity contribution in [3.05, 3.63) is 58.4 Å². The molecule has 0 saturated heterocycles. The van der Waals surface area contributed by atoms with Gasteiger partial charge in [0, 0.05) is 23.3 Å². The monoisotopic (exact) mass is 380 g/mol.